The van der Waals surface area contributed by atoms with Crippen molar-refractivity contribution in [2.75, 3.05) is 24.8 Å². The van der Waals surface area contributed by atoms with Crippen molar-refractivity contribution in [1.82, 2.24) is 9.55 Å². The zero-order valence-corrected chi connectivity index (χ0v) is 20.2. The lowest BCUT2D eigenvalue weighted by Gasteiger charge is -2.18. The molecule has 37 heavy (non-hydrogen) atoms. The minimum absolute atomic E-state index is 0.0251. The smallest absolute Gasteiger partial charge is 0.231 e. The molecule has 0 spiro atoms. The number of imidazole rings is 1. The second-order valence-corrected chi connectivity index (χ2v) is 9.38. The van der Waals surface area contributed by atoms with Crippen LogP contribution in [0.1, 0.15) is 18.2 Å². The van der Waals surface area contributed by atoms with E-state index in [0.29, 0.717) is 37.6 Å². The molecule has 1 fully saturated rings. The first-order valence-corrected chi connectivity index (χ1v) is 12.5. The van der Waals surface area contributed by atoms with E-state index >= 15 is 0 Å². The molecule has 0 saturated carbocycles. The number of hydrogen-bond acceptors (Lipinski definition) is 5. The molecule has 3 heterocycles. The molecule has 0 bridgehead atoms. The summed E-state index contributed by atoms with van der Waals surface area (Å²) >= 11 is 0. The maximum absolute atomic E-state index is 13.1. The van der Waals surface area contributed by atoms with Crippen molar-refractivity contribution in [1.29, 1.82) is 0 Å². The van der Waals surface area contributed by atoms with Crippen LogP contribution in [-0.4, -0.2) is 35.4 Å². The summed E-state index contributed by atoms with van der Waals surface area (Å²) in [5, 5.41) is 2.25. The van der Waals surface area contributed by atoms with E-state index in [0.717, 1.165) is 39.1 Å². The Labute approximate surface area is 213 Å². The van der Waals surface area contributed by atoms with Crippen molar-refractivity contribution in [3.05, 3.63) is 90.8 Å². The molecule has 5 aromatic rings. The van der Waals surface area contributed by atoms with Crippen molar-refractivity contribution in [3.63, 3.8) is 0 Å². The lowest BCUT2D eigenvalue weighted by Crippen LogP contribution is -2.24. The molecule has 1 amide bonds. The van der Waals surface area contributed by atoms with Crippen molar-refractivity contribution in [2.45, 2.75) is 18.9 Å². The Morgan fingerprint density at radius 1 is 0.919 bits per heavy atom. The van der Waals surface area contributed by atoms with E-state index in [-0.39, 0.29) is 18.6 Å². The highest BCUT2D eigenvalue weighted by molar-refractivity contribution is 5.97. The Hall–Kier alpha value is -4.52. The SMILES string of the molecule is O=C1CC(c2nc3ccccc3n2CCOc2cccc3ccccc23)CN1c1ccc2c(c1)OCO2. The molecule has 1 unspecified atom stereocenters. The van der Waals surface area contributed by atoms with Crippen molar-refractivity contribution < 1.29 is 19.0 Å². The summed E-state index contributed by atoms with van der Waals surface area (Å²) in [7, 11) is 0. The summed E-state index contributed by atoms with van der Waals surface area (Å²) in [6.07, 6.45) is 0.405. The van der Waals surface area contributed by atoms with Crippen LogP contribution in [0.25, 0.3) is 21.8 Å². The number of anilines is 1. The number of carbonyl (C=O) groups is 1. The number of amides is 1. The van der Waals surface area contributed by atoms with Crippen LogP contribution in [0.5, 0.6) is 17.2 Å². The third kappa shape index (κ3) is 3.83. The standard InChI is InChI=1S/C30H25N3O4/c34-29-16-21(18-33(29)22-12-13-27-28(17-22)37-19-36-27)30-31-24-9-3-4-10-25(24)32(30)14-15-35-26-11-5-7-20-6-1-2-8-23(20)26/h1-13,17,21H,14-16,18-19H2. The van der Waals surface area contributed by atoms with Gasteiger partial charge in [0.1, 0.15) is 18.2 Å². The third-order valence-electron chi connectivity index (χ3n) is 7.16. The highest BCUT2D eigenvalue weighted by atomic mass is 16.7. The summed E-state index contributed by atoms with van der Waals surface area (Å²) in [6, 6.07) is 28.1. The number of rotatable bonds is 6. The first-order chi connectivity index (χ1) is 18.2. The Bertz CT molecular complexity index is 1640. The molecule has 7 nitrogen and oxygen atoms in total. The van der Waals surface area contributed by atoms with Gasteiger partial charge in [0.25, 0.3) is 0 Å². The predicted molar refractivity (Wildman–Crippen MR) is 141 cm³/mol. The second kappa shape index (κ2) is 8.85. The van der Waals surface area contributed by atoms with E-state index in [4.69, 9.17) is 19.2 Å². The Morgan fingerprint density at radius 3 is 2.73 bits per heavy atom. The molecule has 1 atom stereocenters. The van der Waals surface area contributed by atoms with Gasteiger partial charge in [0.2, 0.25) is 12.7 Å². The molecule has 2 aliphatic rings. The summed E-state index contributed by atoms with van der Waals surface area (Å²) < 4.78 is 19.4. The molecule has 0 aliphatic carbocycles. The molecular formula is C30H25N3O4. The molecule has 1 aromatic heterocycles. The van der Waals surface area contributed by atoms with Crippen molar-refractivity contribution in [3.8, 4) is 17.2 Å². The van der Waals surface area contributed by atoms with E-state index in [2.05, 4.69) is 28.8 Å². The van der Waals surface area contributed by atoms with Gasteiger partial charge in [-0.25, -0.2) is 4.98 Å². The third-order valence-corrected chi connectivity index (χ3v) is 7.16. The van der Waals surface area contributed by atoms with Crippen LogP contribution in [-0.2, 0) is 11.3 Å². The van der Waals surface area contributed by atoms with Gasteiger partial charge >= 0.3 is 0 Å². The summed E-state index contributed by atoms with van der Waals surface area (Å²) in [5.41, 5.74) is 2.79. The number of fused-ring (bicyclic) bond motifs is 3. The zero-order valence-electron chi connectivity index (χ0n) is 20.2. The summed E-state index contributed by atoms with van der Waals surface area (Å²) in [4.78, 5) is 19.9. The number of ether oxygens (including phenoxy) is 3. The molecular weight excluding hydrogens is 466 g/mol. The molecule has 184 valence electrons. The average molecular weight is 492 g/mol. The van der Waals surface area contributed by atoms with Crippen LogP contribution >= 0.6 is 0 Å². The summed E-state index contributed by atoms with van der Waals surface area (Å²) in [5.74, 6) is 3.22. The predicted octanol–water partition coefficient (Wildman–Crippen LogP) is 5.52. The largest absolute Gasteiger partial charge is 0.491 e. The monoisotopic (exact) mass is 491 g/mol. The highest BCUT2D eigenvalue weighted by Crippen LogP contribution is 2.39. The second-order valence-electron chi connectivity index (χ2n) is 9.38. The van der Waals surface area contributed by atoms with E-state index in [1.807, 2.05) is 65.6 Å². The van der Waals surface area contributed by atoms with Gasteiger partial charge in [-0.1, -0.05) is 48.5 Å². The van der Waals surface area contributed by atoms with Crippen LogP contribution in [0.3, 0.4) is 0 Å². The van der Waals surface area contributed by atoms with E-state index < -0.39 is 0 Å². The van der Waals surface area contributed by atoms with Crippen LogP contribution in [0.15, 0.2) is 84.9 Å². The fraction of sp³-hybridized carbons (Fsp3) is 0.200. The fourth-order valence-electron chi connectivity index (χ4n) is 5.39. The number of hydrogen-bond donors (Lipinski definition) is 0. The molecule has 7 heteroatoms. The van der Waals surface area contributed by atoms with Gasteiger partial charge in [0.05, 0.1) is 17.6 Å². The Morgan fingerprint density at radius 2 is 1.76 bits per heavy atom. The lowest BCUT2D eigenvalue weighted by atomic mass is 10.1. The summed E-state index contributed by atoms with van der Waals surface area (Å²) in [6.45, 7) is 1.90. The van der Waals surface area contributed by atoms with Gasteiger partial charge in [-0.2, -0.15) is 0 Å². The highest BCUT2D eigenvalue weighted by Gasteiger charge is 2.35. The maximum atomic E-state index is 13.1. The number of benzene rings is 4. The van der Waals surface area contributed by atoms with Crippen LogP contribution in [0.4, 0.5) is 5.69 Å². The molecule has 0 radical (unpaired) electrons. The minimum atomic E-state index is -0.0251. The Kier molecular flexibility index (Phi) is 5.20. The topological polar surface area (TPSA) is 65.8 Å². The van der Waals surface area contributed by atoms with E-state index in [1.54, 1.807) is 0 Å². The number of para-hydroxylation sites is 2. The number of carbonyl (C=O) groups excluding carboxylic acids is 1. The minimum Gasteiger partial charge on any atom is -0.491 e. The van der Waals surface area contributed by atoms with Gasteiger partial charge in [0.15, 0.2) is 11.5 Å². The van der Waals surface area contributed by atoms with Crippen molar-refractivity contribution in [2.24, 2.45) is 0 Å². The quantitative estimate of drug-likeness (QED) is 0.313. The fourth-order valence-corrected chi connectivity index (χ4v) is 5.39. The molecule has 4 aromatic carbocycles. The molecule has 0 N–H and O–H groups in total. The van der Waals surface area contributed by atoms with Gasteiger partial charge in [-0.05, 0) is 35.7 Å². The first-order valence-electron chi connectivity index (χ1n) is 12.5. The van der Waals surface area contributed by atoms with Gasteiger partial charge < -0.3 is 23.7 Å². The molecule has 7 rings (SSSR count). The molecule has 2 aliphatic heterocycles. The first kappa shape index (κ1) is 21.7. The number of nitrogens with zero attached hydrogens (tertiary/aromatic N) is 3. The zero-order chi connectivity index (χ0) is 24.8. The van der Waals surface area contributed by atoms with Gasteiger partial charge in [-0.15, -0.1) is 0 Å². The van der Waals surface area contributed by atoms with Gasteiger partial charge in [0, 0.05) is 36.0 Å². The number of aromatic nitrogens is 2. The normalized spacial score (nSPS) is 16.7. The van der Waals surface area contributed by atoms with Gasteiger partial charge in [-0.3, -0.25) is 4.79 Å². The average Bonchev–Trinajstić information content (AvgIpc) is 3.65. The van der Waals surface area contributed by atoms with Crippen molar-refractivity contribution >= 4 is 33.4 Å². The van der Waals surface area contributed by atoms with E-state index in [9.17, 15) is 4.79 Å². The lowest BCUT2D eigenvalue weighted by molar-refractivity contribution is -0.117. The van der Waals surface area contributed by atoms with Crippen LogP contribution < -0.4 is 19.1 Å². The molecule has 1 saturated heterocycles. The van der Waals surface area contributed by atoms with Crippen LogP contribution in [0, 0.1) is 0 Å². The van der Waals surface area contributed by atoms with E-state index in [1.165, 1.54) is 0 Å². The Balaban J connectivity index is 1.16. The maximum Gasteiger partial charge on any atom is 0.231 e. The van der Waals surface area contributed by atoms with Crippen LogP contribution in [0.2, 0.25) is 0 Å².